The standard InChI is InChI=1S/C49H63F2N9O6/c1-4-38-46(65)57(2)39-26-52-47(55-43(39)60(38)32-7-5-6-8-32)53-37-11-9-31(23-40(37)66-3)44(63)56-49(19-22-61)17-15-48(16-18-49)28-58(29-48)27-30-13-20-59(21-14-30)33-24-35(50)42(36(51)25-33)34-10-12-41(62)54-45(34)64/h9,11,23-26,30,32,34,38,61H,4-8,10,12-22,27-29H2,1-3H3,(H,56,63)(H,52,53,55)(H,54,62,64)/t34?,38-/m1/s1. The van der Waals surface area contributed by atoms with Gasteiger partial charge < -0.3 is 40.1 Å². The first-order valence-corrected chi connectivity index (χ1v) is 23.9. The van der Waals surface area contributed by atoms with Crippen LogP contribution in [-0.4, -0.2) is 115 Å². The van der Waals surface area contributed by atoms with Crippen LogP contribution in [0.25, 0.3) is 0 Å². The van der Waals surface area contributed by atoms with E-state index < -0.39 is 34.9 Å². The third-order valence-corrected chi connectivity index (χ3v) is 15.6. The van der Waals surface area contributed by atoms with Gasteiger partial charge in [-0.1, -0.05) is 19.8 Å². The predicted molar refractivity (Wildman–Crippen MR) is 246 cm³/mol. The molecule has 5 heterocycles. The van der Waals surface area contributed by atoms with E-state index in [-0.39, 0.29) is 54.3 Å². The molecule has 9 rings (SSSR count). The Balaban J connectivity index is 0.776. The van der Waals surface area contributed by atoms with Gasteiger partial charge in [0, 0.05) is 81.2 Å². The number of carbonyl (C=O) groups excluding carboxylic acids is 4. The van der Waals surface area contributed by atoms with Gasteiger partial charge in [0.25, 0.3) is 5.91 Å². The molecule has 4 aliphatic heterocycles. The highest BCUT2D eigenvalue weighted by Crippen LogP contribution is 2.49. The fourth-order valence-corrected chi connectivity index (χ4v) is 11.9. The topological polar surface area (TPSA) is 173 Å². The Morgan fingerprint density at radius 3 is 2.35 bits per heavy atom. The average Bonchev–Trinajstić information content (AvgIpc) is 3.83. The molecule has 2 aromatic carbocycles. The first kappa shape index (κ1) is 45.7. The van der Waals surface area contributed by atoms with Gasteiger partial charge in [-0.2, -0.15) is 4.98 Å². The summed E-state index contributed by atoms with van der Waals surface area (Å²) < 4.78 is 36.3. The Bertz CT molecular complexity index is 2310. The van der Waals surface area contributed by atoms with Crippen molar-refractivity contribution >= 4 is 52.5 Å². The monoisotopic (exact) mass is 911 g/mol. The van der Waals surface area contributed by atoms with E-state index in [0.29, 0.717) is 66.2 Å². The molecule has 3 saturated heterocycles. The number of carbonyl (C=O) groups is 4. The first-order valence-electron chi connectivity index (χ1n) is 23.9. The highest BCUT2D eigenvalue weighted by atomic mass is 19.1. The van der Waals surface area contributed by atoms with Crippen LogP contribution in [0.1, 0.15) is 119 Å². The molecule has 354 valence electrons. The number of aliphatic hydroxyl groups is 1. The summed E-state index contributed by atoms with van der Waals surface area (Å²) >= 11 is 0. The van der Waals surface area contributed by atoms with Crippen LogP contribution >= 0.6 is 0 Å². The summed E-state index contributed by atoms with van der Waals surface area (Å²) in [5.74, 6) is -1.75. The number of hydrogen-bond acceptors (Lipinski definition) is 12. The molecule has 4 N–H and O–H groups in total. The summed E-state index contributed by atoms with van der Waals surface area (Å²) in [5, 5.41) is 19.0. The number of aromatic nitrogens is 2. The Hall–Kier alpha value is -5.42. The summed E-state index contributed by atoms with van der Waals surface area (Å²) in [4.78, 5) is 69.1. The molecular weight excluding hydrogens is 849 g/mol. The van der Waals surface area contributed by atoms with Crippen LogP contribution in [0.4, 0.5) is 37.6 Å². The van der Waals surface area contributed by atoms with E-state index in [9.17, 15) is 24.3 Å². The van der Waals surface area contributed by atoms with Crippen LogP contribution in [0, 0.1) is 23.0 Å². The van der Waals surface area contributed by atoms with Gasteiger partial charge in [0.2, 0.25) is 23.7 Å². The number of nitrogens with one attached hydrogen (secondary N) is 3. The summed E-state index contributed by atoms with van der Waals surface area (Å²) in [7, 11) is 3.33. The number of piperidine rings is 2. The summed E-state index contributed by atoms with van der Waals surface area (Å²) in [6.45, 7) is 6.30. The van der Waals surface area contributed by atoms with Crippen molar-refractivity contribution in [1.82, 2.24) is 25.5 Å². The molecule has 3 aromatic rings. The molecule has 2 saturated carbocycles. The van der Waals surface area contributed by atoms with Gasteiger partial charge in [0.1, 0.15) is 29.1 Å². The summed E-state index contributed by atoms with van der Waals surface area (Å²) in [5.41, 5.74) is 1.58. The van der Waals surface area contributed by atoms with Crippen molar-refractivity contribution in [2.75, 3.05) is 73.5 Å². The molecule has 4 amide bonds. The molecule has 66 heavy (non-hydrogen) atoms. The number of benzene rings is 2. The lowest BCUT2D eigenvalue weighted by Gasteiger charge is -2.57. The van der Waals surface area contributed by atoms with Crippen molar-refractivity contribution in [3.05, 3.63) is 59.3 Å². The number of methoxy groups -OCH3 is 1. The minimum Gasteiger partial charge on any atom is -0.495 e. The highest BCUT2D eigenvalue weighted by Gasteiger charge is 2.50. The number of likely N-dealkylation sites (N-methyl/N-ethyl adjacent to an activating group) is 1. The van der Waals surface area contributed by atoms with Crippen molar-refractivity contribution in [3.8, 4) is 5.75 Å². The molecule has 0 radical (unpaired) electrons. The fraction of sp³-hybridized carbons (Fsp3) is 0.592. The minimum absolute atomic E-state index is 0.0323. The number of amides is 4. The number of fused-ring (bicyclic) bond motifs is 1. The molecular formula is C49H63F2N9O6. The van der Waals surface area contributed by atoms with Gasteiger partial charge in [-0.15, -0.1) is 0 Å². The number of ether oxygens (including phenoxy) is 1. The predicted octanol–water partition coefficient (Wildman–Crippen LogP) is 6.17. The van der Waals surface area contributed by atoms with E-state index in [4.69, 9.17) is 9.72 Å². The second kappa shape index (κ2) is 18.7. The lowest BCUT2D eigenvalue weighted by atomic mass is 9.62. The quantitative estimate of drug-likeness (QED) is 0.144. The molecule has 2 aliphatic carbocycles. The number of nitrogens with zero attached hydrogens (tertiary/aromatic N) is 6. The van der Waals surface area contributed by atoms with Gasteiger partial charge in [0.15, 0.2) is 5.82 Å². The lowest BCUT2D eigenvalue weighted by molar-refractivity contribution is -0.134. The second-order valence-electron chi connectivity index (χ2n) is 19.7. The van der Waals surface area contributed by atoms with Gasteiger partial charge in [0.05, 0.1) is 24.9 Å². The molecule has 2 atom stereocenters. The van der Waals surface area contributed by atoms with Crippen molar-refractivity contribution in [2.45, 2.75) is 120 Å². The lowest BCUT2D eigenvalue weighted by Crippen LogP contribution is -2.62. The van der Waals surface area contributed by atoms with E-state index in [1.165, 1.54) is 12.1 Å². The van der Waals surface area contributed by atoms with Gasteiger partial charge in [-0.3, -0.25) is 24.5 Å². The average molecular weight is 912 g/mol. The van der Waals surface area contributed by atoms with E-state index >= 15 is 8.78 Å². The van der Waals surface area contributed by atoms with E-state index in [1.54, 1.807) is 43.5 Å². The van der Waals surface area contributed by atoms with Gasteiger partial charge >= 0.3 is 0 Å². The van der Waals surface area contributed by atoms with E-state index in [1.807, 2.05) is 11.8 Å². The zero-order chi connectivity index (χ0) is 46.3. The number of hydrogen-bond donors (Lipinski definition) is 4. The Morgan fingerprint density at radius 2 is 1.70 bits per heavy atom. The fourth-order valence-electron chi connectivity index (χ4n) is 11.9. The number of imide groups is 1. The van der Waals surface area contributed by atoms with Crippen LogP contribution in [-0.2, 0) is 14.4 Å². The molecule has 5 fully saturated rings. The number of halogens is 2. The van der Waals surface area contributed by atoms with Crippen LogP contribution in [0.15, 0.2) is 36.5 Å². The van der Waals surface area contributed by atoms with Crippen molar-refractivity contribution in [3.63, 3.8) is 0 Å². The zero-order valence-electron chi connectivity index (χ0n) is 38.3. The van der Waals surface area contributed by atoms with Crippen molar-refractivity contribution in [2.24, 2.45) is 11.3 Å². The molecule has 1 aromatic heterocycles. The SMILES string of the molecule is CC[C@@H]1C(=O)N(C)c2cnc(Nc3ccc(C(=O)NC4(CCO)CCC5(CC4)CN(CC4CCN(c6cc(F)c(C7CCC(=O)NC7=O)c(F)c6)CC4)C5)cc3OC)nc2N1C1CCCC1. The smallest absolute Gasteiger partial charge is 0.251 e. The summed E-state index contributed by atoms with van der Waals surface area (Å²) in [6.07, 6.45) is 12.5. The maximum atomic E-state index is 15.3. The van der Waals surface area contributed by atoms with Crippen molar-refractivity contribution < 1.29 is 37.8 Å². The molecule has 0 bridgehead atoms. The zero-order valence-corrected chi connectivity index (χ0v) is 38.3. The van der Waals surface area contributed by atoms with Gasteiger partial charge in [-0.05, 0) is 112 Å². The number of anilines is 5. The Kier molecular flexibility index (Phi) is 13.0. The van der Waals surface area contributed by atoms with E-state index in [2.05, 4.69) is 30.7 Å². The highest BCUT2D eigenvalue weighted by molar-refractivity contribution is 6.04. The normalized spacial score (nSPS) is 23.4. The molecule has 6 aliphatic rings. The first-order chi connectivity index (χ1) is 31.8. The Labute approximate surface area is 385 Å². The third-order valence-electron chi connectivity index (χ3n) is 15.6. The second-order valence-corrected chi connectivity index (χ2v) is 19.7. The Morgan fingerprint density at radius 1 is 0.985 bits per heavy atom. The molecule has 17 heteroatoms. The van der Waals surface area contributed by atoms with Crippen LogP contribution in [0.5, 0.6) is 5.75 Å². The van der Waals surface area contributed by atoms with Crippen LogP contribution in [0.2, 0.25) is 0 Å². The number of aliphatic hydroxyl groups excluding tert-OH is 1. The maximum absolute atomic E-state index is 15.3. The summed E-state index contributed by atoms with van der Waals surface area (Å²) in [6, 6.07) is 7.85. The third kappa shape index (κ3) is 8.92. The molecule has 1 spiro atoms. The van der Waals surface area contributed by atoms with Crippen LogP contribution in [0.3, 0.4) is 0 Å². The maximum Gasteiger partial charge on any atom is 0.251 e. The van der Waals surface area contributed by atoms with Crippen molar-refractivity contribution in [1.29, 1.82) is 0 Å². The molecule has 1 unspecified atom stereocenters. The number of likely N-dealkylation sites (tertiary alicyclic amines) is 1. The largest absolute Gasteiger partial charge is 0.495 e. The minimum atomic E-state index is -1.02. The van der Waals surface area contributed by atoms with E-state index in [0.717, 1.165) is 89.7 Å². The molecule has 15 nitrogen and oxygen atoms in total. The van der Waals surface area contributed by atoms with Crippen LogP contribution < -0.4 is 35.4 Å². The van der Waals surface area contributed by atoms with Gasteiger partial charge in [-0.25, -0.2) is 13.8 Å². The number of rotatable bonds is 13.